The molecule has 7 aromatic heterocycles. The lowest BCUT2D eigenvalue weighted by atomic mass is 10.0. The van der Waals surface area contributed by atoms with E-state index in [2.05, 4.69) is 62.0 Å². The van der Waals surface area contributed by atoms with Crippen LogP contribution in [0.5, 0.6) is 0 Å². The van der Waals surface area contributed by atoms with Gasteiger partial charge in [-0.3, -0.25) is 19.7 Å². The Hall–Kier alpha value is -10.6. The fraction of sp³-hybridized carbons (Fsp3) is 0.203. The highest BCUT2D eigenvalue weighted by Gasteiger charge is 2.23. The number of aromatic nitrogens is 12. The highest BCUT2D eigenvalue weighted by molar-refractivity contribution is 7.92. The van der Waals surface area contributed by atoms with Crippen molar-refractivity contribution in [2.24, 2.45) is 0 Å². The summed E-state index contributed by atoms with van der Waals surface area (Å²) in [6, 6.07) is 43.6. The van der Waals surface area contributed by atoms with Gasteiger partial charge in [0.15, 0.2) is 9.84 Å². The minimum atomic E-state index is -3.34. The van der Waals surface area contributed by atoms with E-state index < -0.39 is 15.1 Å². The first kappa shape index (κ1) is 64.4. The number of carbonyl (C=O) groups excluding carboxylic acids is 1. The van der Waals surface area contributed by atoms with Crippen LogP contribution in [0.25, 0.3) is 108 Å². The molecule has 0 aliphatic carbocycles. The van der Waals surface area contributed by atoms with E-state index in [0.29, 0.717) is 74.5 Å². The predicted molar refractivity (Wildman–Crippen MR) is 362 cm³/mol. The smallest absolute Gasteiger partial charge is 0.268 e. The van der Waals surface area contributed by atoms with Crippen molar-refractivity contribution in [1.29, 1.82) is 0 Å². The molecule has 0 fully saturated rings. The van der Waals surface area contributed by atoms with E-state index in [1.165, 1.54) is 15.3 Å². The SMILES string of the molecule is C=C(c1ccc(-c2cnc(C)c(-c3nnc(-c4ccc(C)s4)o3)n2)cc1)N(C)C.Cc1ncc(-c2ccc(S(=O)(=O)C(C)C)cc2)nc1-c1nnc(-c2ccc(CN(C)C)cc2)o1.Cc1ncc(-c2ccccc2C(=O)N(C)C)nc1-c1nnc(-c2ccccc2)o1.[HH].[HH].[HH]. The molecule has 5 aromatic carbocycles. The molecule has 21 nitrogen and oxygen atoms in total. The number of sulfone groups is 1. The van der Waals surface area contributed by atoms with Crippen molar-refractivity contribution in [2.45, 2.75) is 58.2 Å². The summed E-state index contributed by atoms with van der Waals surface area (Å²) in [6.07, 6.45) is 5.05. The molecular formula is C69H73N15O6S2. The van der Waals surface area contributed by atoms with Gasteiger partial charge >= 0.3 is 0 Å². The molecule has 0 aliphatic rings. The summed E-state index contributed by atoms with van der Waals surface area (Å²) in [5.41, 5.74) is 13.3. The Bertz CT molecular complexity index is 4690. The second kappa shape index (κ2) is 28.0. The highest BCUT2D eigenvalue weighted by atomic mass is 32.2. The van der Waals surface area contributed by atoms with Crippen molar-refractivity contribution in [3.05, 3.63) is 203 Å². The molecular weight excluding hydrogens is 1200 g/mol. The van der Waals surface area contributed by atoms with Gasteiger partial charge in [0.1, 0.15) is 17.1 Å². The van der Waals surface area contributed by atoms with Crippen LogP contribution < -0.4 is 0 Å². The summed E-state index contributed by atoms with van der Waals surface area (Å²) in [5, 5.41) is 24.5. The third-order valence-electron chi connectivity index (χ3n) is 14.4. The number of hydrogen-bond donors (Lipinski definition) is 0. The Labute approximate surface area is 542 Å². The monoisotopic (exact) mass is 1270 g/mol. The highest BCUT2D eigenvalue weighted by Crippen LogP contribution is 2.33. The molecule has 472 valence electrons. The molecule has 0 spiro atoms. The zero-order chi connectivity index (χ0) is 65.4. The number of nitrogens with zero attached hydrogens (tertiary/aromatic N) is 15. The van der Waals surface area contributed by atoms with E-state index in [9.17, 15) is 13.2 Å². The Balaban J connectivity index is 0.000000199. The van der Waals surface area contributed by atoms with Crippen LogP contribution in [0.15, 0.2) is 183 Å². The number of amides is 1. The van der Waals surface area contributed by atoms with Crippen molar-refractivity contribution in [3.8, 4) is 102 Å². The van der Waals surface area contributed by atoms with Gasteiger partial charge in [-0.15, -0.1) is 41.9 Å². The van der Waals surface area contributed by atoms with Crippen molar-refractivity contribution in [3.63, 3.8) is 0 Å². The minimum Gasteiger partial charge on any atom is -0.415 e. The quantitative estimate of drug-likeness (QED) is 0.0871. The molecule has 23 heteroatoms. The van der Waals surface area contributed by atoms with Crippen molar-refractivity contribution in [1.82, 2.24) is 75.2 Å². The molecule has 0 N–H and O–H groups in total. The molecule has 1 amide bonds. The van der Waals surface area contributed by atoms with Crippen LogP contribution >= 0.6 is 11.3 Å². The minimum absolute atomic E-state index is 0. The number of hydrogen-bond acceptors (Lipinski definition) is 21. The molecule has 7 heterocycles. The first-order chi connectivity index (χ1) is 44.1. The fourth-order valence-electron chi connectivity index (χ4n) is 9.21. The number of carbonyl (C=O) groups is 1. The molecule has 0 saturated carbocycles. The lowest BCUT2D eigenvalue weighted by Crippen LogP contribution is -2.22. The summed E-state index contributed by atoms with van der Waals surface area (Å²) >= 11 is 1.62. The van der Waals surface area contributed by atoms with E-state index in [1.807, 2.05) is 170 Å². The Kier molecular flexibility index (Phi) is 19.6. The van der Waals surface area contributed by atoms with Crippen LogP contribution in [0.4, 0.5) is 0 Å². The molecule has 0 aliphatic heterocycles. The van der Waals surface area contributed by atoms with Gasteiger partial charge in [-0.05, 0) is 121 Å². The van der Waals surface area contributed by atoms with Gasteiger partial charge in [0.2, 0.25) is 11.8 Å². The summed E-state index contributed by atoms with van der Waals surface area (Å²) in [5.74, 6) is 2.14. The number of thiophene rings is 1. The fourth-order valence-corrected chi connectivity index (χ4v) is 11.1. The third-order valence-corrected chi connectivity index (χ3v) is 17.6. The molecule has 0 saturated heterocycles. The van der Waals surface area contributed by atoms with E-state index in [0.717, 1.165) is 56.3 Å². The number of aryl methyl sites for hydroxylation is 4. The van der Waals surface area contributed by atoms with Crippen LogP contribution in [-0.2, 0) is 16.4 Å². The number of rotatable bonds is 16. The zero-order valence-electron chi connectivity index (χ0n) is 53.0. The van der Waals surface area contributed by atoms with Gasteiger partial charge in [0.25, 0.3) is 29.5 Å². The second-order valence-electron chi connectivity index (χ2n) is 22.3. The predicted octanol–water partition coefficient (Wildman–Crippen LogP) is 14.1. The molecule has 12 rings (SSSR count). The lowest BCUT2D eigenvalue weighted by molar-refractivity contribution is 0.0828. The molecule has 0 bridgehead atoms. The van der Waals surface area contributed by atoms with Crippen LogP contribution in [0, 0.1) is 27.7 Å². The van der Waals surface area contributed by atoms with Crippen molar-refractivity contribution < 1.29 is 30.7 Å². The van der Waals surface area contributed by atoms with Gasteiger partial charge in [-0.1, -0.05) is 91.5 Å². The Morgan fingerprint density at radius 1 is 0.511 bits per heavy atom. The molecule has 0 radical (unpaired) electrons. The van der Waals surface area contributed by atoms with Crippen molar-refractivity contribution >= 4 is 32.8 Å². The van der Waals surface area contributed by atoms with Gasteiger partial charge in [0.05, 0.1) is 67.8 Å². The average Bonchev–Trinajstić information content (AvgIpc) is 1.80. The van der Waals surface area contributed by atoms with Gasteiger partial charge in [0, 0.05) is 83.0 Å². The first-order valence-corrected chi connectivity index (χ1v) is 31.5. The Morgan fingerprint density at radius 2 is 0.957 bits per heavy atom. The van der Waals surface area contributed by atoms with Crippen LogP contribution in [-0.4, -0.2) is 137 Å². The summed E-state index contributed by atoms with van der Waals surface area (Å²) in [7, 11) is 8.10. The maximum Gasteiger partial charge on any atom is 0.268 e. The normalized spacial score (nSPS) is 11.2. The Morgan fingerprint density at radius 3 is 1.45 bits per heavy atom. The summed E-state index contributed by atoms with van der Waals surface area (Å²) in [4.78, 5) is 48.1. The molecule has 12 aromatic rings. The zero-order valence-corrected chi connectivity index (χ0v) is 54.6. The largest absolute Gasteiger partial charge is 0.415 e. The van der Waals surface area contributed by atoms with E-state index in [4.69, 9.17) is 23.2 Å². The van der Waals surface area contributed by atoms with E-state index in [-0.39, 0.29) is 26.9 Å². The lowest BCUT2D eigenvalue weighted by Gasteiger charge is -2.16. The molecule has 0 unspecified atom stereocenters. The standard InChI is InChI=1S/C25H27N5O3S.C22H19N5O2.C22H21N5OS.3H2/c1-16(2)34(31,32)21-12-10-19(11-13-21)22-14-26-17(3)23(27-22)25-29-28-24(33-25)20-8-6-18(7-9-20)15-30(4)5;1-14-19(21-26-25-20(29-21)15-9-5-4-6-10-15)24-18(13-23-14)16-11-7-8-12-17(16)22(28)27(2)3;1-13-6-11-19(29-13)21-25-26-22(28-21)20-14(2)23-12-18(24-20)17-9-7-16(8-10-17)15(3)27(4)5;;;/h6-14,16H,15H2,1-5H3;4-13H,1-3H3;6-12H,3H2,1-2,4-5H3;3*1H. The summed E-state index contributed by atoms with van der Waals surface area (Å²) < 4.78 is 42.4. The van der Waals surface area contributed by atoms with Crippen LogP contribution in [0.3, 0.4) is 0 Å². The second-order valence-corrected chi connectivity index (χ2v) is 26.1. The maximum atomic E-state index is 12.6. The molecule has 92 heavy (non-hydrogen) atoms. The average molecular weight is 1270 g/mol. The van der Waals surface area contributed by atoms with Crippen LogP contribution in [0.1, 0.15) is 61.6 Å². The number of benzene rings is 5. The van der Waals surface area contributed by atoms with Gasteiger partial charge in [-0.25, -0.2) is 23.4 Å². The van der Waals surface area contributed by atoms with Gasteiger partial charge in [-0.2, -0.15) is 0 Å². The first-order valence-electron chi connectivity index (χ1n) is 29.1. The van der Waals surface area contributed by atoms with Crippen molar-refractivity contribution in [2.75, 3.05) is 42.3 Å². The topological polar surface area (TPSA) is 255 Å². The van der Waals surface area contributed by atoms with Crippen LogP contribution in [0.2, 0.25) is 0 Å². The van der Waals surface area contributed by atoms with E-state index in [1.54, 1.807) is 88.2 Å². The van der Waals surface area contributed by atoms with E-state index >= 15 is 0 Å². The molecule has 0 atom stereocenters. The summed E-state index contributed by atoms with van der Waals surface area (Å²) in [6.45, 7) is 15.9. The third kappa shape index (κ3) is 14.8. The maximum absolute atomic E-state index is 12.6. The van der Waals surface area contributed by atoms with Gasteiger partial charge < -0.3 is 28.0 Å².